The first kappa shape index (κ1) is 54.5. The Morgan fingerprint density at radius 1 is 0.388 bits per heavy atom. The molecule has 288 valence electrons. The second-order valence-electron chi connectivity index (χ2n) is 12.2. The molecule has 0 N–H and O–H groups in total. The van der Waals surface area contributed by atoms with Crippen molar-refractivity contribution >= 4 is 35.3 Å². The molecule has 0 aliphatic heterocycles. The molecule has 0 aliphatic rings. The number of carboxylic acids is 3. The van der Waals surface area contributed by atoms with Gasteiger partial charge in [0, 0.05) is 19.3 Å². The summed E-state index contributed by atoms with van der Waals surface area (Å²) in [6.07, 6.45) is 4.14. The smallest absolute Gasteiger partial charge is 0.544 e. The van der Waals surface area contributed by atoms with Gasteiger partial charge in [-0.05, 0) is 80.1 Å². The number of rotatable bonds is 24. The Kier molecular flexibility index (Phi) is 31.5. The van der Waals surface area contributed by atoms with E-state index in [1.165, 1.54) is 0 Å². The first-order valence-corrected chi connectivity index (χ1v) is 18.0. The molecule has 0 fully saturated rings. The van der Waals surface area contributed by atoms with E-state index >= 15 is 0 Å². The quantitative estimate of drug-likeness (QED) is 0.104. The summed E-state index contributed by atoms with van der Waals surface area (Å²) in [7, 11) is 0. The average molecular weight is 721 g/mol. The molecule has 0 amide bonds. The Hall–Kier alpha value is -1.30. The van der Waals surface area contributed by atoms with Crippen LogP contribution in [-0.2, 0) is 42.8 Å². The summed E-state index contributed by atoms with van der Waals surface area (Å²) < 4.78 is 32.9. The molecule has 0 saturated heterocycles. The van der Waals surface area contributed by atoms with Gasteiger partial charge in [0.25, 0.3) is 0 Å². The number of hydrogen-bond acceptors (Lipinski definition) is 12. The first-order chi connectivity index (χ1) is 22.2. The van der Waals surface area contributed by atoms with Crippen LogP contribution < -0.4 is 15.3 Å². The summed E-state index contributed by atoms with van der Waals surface area (Å²) in [6, 6.07) is 0. The van der Waals surface area contributed by atoms with Crippen LogP contribution in [0.1, 0.15) is 162 Å². The van der Waals surface area contributed by atoms with E-state index in [9.17, 15) is 29.7 Å². The number of aliphatic carboxylic acids is 3. The molecule has 13 heteroatoms. The van der Waals surface area contributed by atoms with Crippen molar-refractivity contribution in [2.45, 2.75) is 216 Å². The maximum Gasteiger partial charge on any atom is 3.00 e. The van der Waals surface area contributed by atoms with Crippen LogP contribution in [0.15, 0.2) is 0 Å². The van der Waals surface area contributed by atoms with Crippen molar-refractivity contribution in [2.75, 3.05) is 0 Å². The molecule has 0 aromatic rings. The van der Waals surface area contributed by atoms with Crippen LogP contribution in [0.4, 0.5) is 0 Å². The molecular weight excluding hydrogens is 651 g/mol. The van der Waals surface area contributed by atoms with Gasteiger partial charge in [-0.2, -0.15) is 0 Å². The second kappa shape index (κ2) is 28.3. The standard InChI is InChI=1S/3C12H24O4.Al/c3*1-6-9(4)15-12(8-3,11(13)14)16-10(5)7-2;/h3*9-10H,6-8H2,1-5H3,(H,13,14);/q;;;+3/p-3. The Balaban J connectivity index is -0.000000307. The van der Waals surface area contributed by atoms with Crippen LogP contribution in [-0.4, -0.2) is 89.3 Å². The zero-order chi connectivity index (χ0) is 38.3. The van der Waals surface area contributed by atoms with Gasteiger partial charge in [-0.1, -0.05) is 62.3 Å². The van der Waals surface area contributed by atoms with Crippen molar-refractivity contribution in [3.05, 3.63) is 0 Å². The summed E-state index contributed by atoms with van der Waals surface area (Å²) in [5, 5.41) is 33.6. The molecule has 0 rings (SSSR count). The number of carboxylic acid groups (broad SMARTS) is 3. The third-order valence-electron chi connectivity index (χ3n) is 8.13. The molecule has 0 saturated carbocycles. The topological polar surface area (TPSA) is 176 Å². The fourth-order valence-electron chi connectivity index (χ4n) is 3.75. The fraction of sp³-hybridized carbons (Fsp3) is 0.917. The number of carbonyl (C=O) groups excluding carboxylic acids is 3. The van der Waals surface area contributed by atoms with Crippen molar-refractivity contribution in [1.82, 2.24) is 0 Å². The summed E-state index contributed by atoms with van der Waals surface area (Å²) in [6.45, 7) is 27.7. The first-order valence-electron chi connectivity index (χ1n) is 18.0. The van der Waals surface area contributed by atoms with E-state index in [4.69, 9.17) is 28.4 Å². The van der Waals surface area contributed by atoms with Gasteiger partial charge in [0.2, 0.25) is 17.4 Å². The Bertz CT molecular complexity index is 726. The van der Waals surface area contributed by atoms with E-state index in [1.807, 2.05) is 83.1 Å². The summed E-state index contributed by atoms with van der Waals surface area (Å²) in [5.41, 5.74) is 0. The van der Waals surface area contributed by atoms with Crippen LogP contribution in [0.25, 0.3) is 0 Å². The van der Waals surface area contributed by atoms with Crippen molar-refractivity contribution in [3.8, 4) is 0 Å². The van der Waals surface area contributed by atoms with E-state index < -0.39 is 35.3 Å². The molecule has 0 heterocycles. The normalized spacial score (nSPS) is 18.4. The largest absolute Gasteiger partial charge is 3.00 e. The van der Waals surface area contributed by atoms with Gasteiger partial charge >= 0.3 is 17.4 Å². The third-order valence-corrected chi connectivity index (χ3v) is 8.13. The van der Waals surface area contributed by atoms with Gasteiger partial charge in [0.1, 0.15) is 17.9 Å². The maximum absolute atomic E-state index is 11.2. The molecule has 6 atom stereocenters. The summed E-state index contributed by atoms with van der Waals surface area (Å²) in [5.74, 6) is -8.71. The van der Waals surface area contributed by atoms with Crippen LogP contribution in [0, 0.1) is 0 Å². The minimum atomic E-state index is -1.61. The van der Waals surface area contributed by atoms with Gasteiger partial charge in [-0.3, -0.25) is 0 Å². The Morgan fingerprint density at radius 3 is 0.571 bits per heavy atom. The average Bonchev–Trinajstić information content (AvgIpc) is 3.06. The molecule has 0 spiro atoms. The van der Waals surface area contributed by atoms with Crippen LogP contribution in [0.5, 0.6) is 0 Å². The predicted molar refractivity (Wildman–Crippen MR) is 185 cm³/mol. The molecule has 0 radical (unpaired) electrons. The van der Waals surface area contributed by atoms with Crippen LogP contribution in [0.3, 0.4) is 0 Å². The van der Waals surface area contributed by atoms with Gasteiger partial charge in [0.05, 0.1) is 36.6 Å². The second-order valence-corrected chi connectivity index (χ2v) is 12.2. The van der Waals surface area contributed by atoms with Crippen molar-refractivity contribution in [2.24, 2.45) is 0 Å². The van der Waals surface area contributed by atoms with Crippen LogP contribution >= 0.6 is 0 Å². The molecule has 49 heavy (non-hydrogen) atoms. The SMILES string of the molecule is CCC(C)OC(CC)(OC(C)CC)C(=O)[O-].CCC(C)OC(CC)(OC(C)CC)C(=O)[O-].CCC(C)OC(CC)(OC(C)CC)C(=O)[O-].[Al+3]. The van der Waals surface area contributed by atoms with E-state index in [0.717, 1.165) is 38.5 Å². The number of ether oxygens (including phenoxy) is 6. The monoisotopic (exact) mass is 720 g/mol. The van der Waals surface area contributed by atoms with Gasteiger partial charge < -0.3 is 58.1 Å². The van der Waals surface area contributed by atoms with E-state index in [1.54, 1.807) is 20.8 Å². The molecule has 12 nitrogen and oxygen atoms in total. The number of carbonyl (C=O) groups is 3. The zero-order valence-electron chi connectivity index (χ0n) is 33.3. The molecule has 0 bridgehead atoms. The third kappa shape index (κ3) is 20.4. The Labute approximate surface area is 308 Å². The fourth-order valence-corrected chi connectivity index (χ4v) is 3.75. The van der Waals surface area contributed by atoms with E-state index in [0.29, 0.717) is 0 Å². The molecule has 0 aliphatic carbocycles. The minimum Gasteiger partial charge on any atom is -0.544 e. The molecule has 0 aromatic heterocycles. The summed E-state index contributed by atoms with van der Waals surface area (Å²) >= 11 is 0. The van der Waals surface area contributed by atoms with Gasteiger partial charge in [-0.25, -0.2) is 0 Å². The van der Waals surface area contributed by atoms with Gasteiger partial charge in [0.15, 0.2) is 0 Å². The predicted octanol–water partition coefficient (Wildman–Crippen LogP) is 4.04. The van der Waals surface area contributed by atoms with E-state index in [2.05, 4.69) is 0 Å². The van der Waals surface area contributed by atoms with Crippen LogP contribution in [0.2, 0.25) is 0 Å². The Morgan fingerprint density at radius 2 is 0.510 bits per heavy atom. The van der Waals surface area contributed by atoms with E-state index in [-0.39, 0.29) is 73.2 Å². The molecule has 6 unspecified atom stereocenters. The molecule has 0 aromatic carbocycles. The van der Waals surface area contributed by atoms with Crippen molar-refractivity contribution in [3.63, 3.8) is 0 Å². The maximum atomic E-state index is 11.2. The zero-order valence-corrected chi connectivity index (χ0v) is 34.5. The molecular formula is C36H69AlO12. The number of hydrogen-bond donors (Lipinski definition) is 0. The summed E-state index contributed by atoms with van der Waals surface area (Å²) in [4.78, 5) is 33.6. The van der Waals surface area contributed by atoms with Gasteiger partial charge in [-0.15, -0.1) is 0 Å². The van der Waals surface area contributed by atoms with Crippen molar-refractivity contribution in [1.29, 1.82) is 0 Å². The van der Waals surface area contributed by atoms with Crippen molar-refractivity contribution < 1.29 is 58.1 Å². The minimum absolute atomic E-state index is 0.